The van der Waals surface area contributed by atoms with Gasteiger partial charge >= 0.3 is 0 Å². The van der Waals surface area contributed by atoms with E-state index in [1.807, 2.05) is 15.9 Å². The van der Waals surface area contributed by atoms with Crippen molar-refractivity contribution in [3.05, 3.63) is 59.9 Å². The number of rotatable bonds is 5. The van der Waals surface area contributed by atoms with Crippen LogP contribution in [0, 0.1) is 5.82 Å². The summed E-state index contributed by atoms with van der Waals surface area (Å²) in [6.07, 6.45) is 0. The van der Waals surface area contributed by atoms with Crippen molar-refractivity contribution in [1.29, 1.82) is 0 Å². The molecule has 1 aliphatic heterocycles. The quantitative estimate of drug-likeness (QED) is 0.795. The van der Waals surface area contributed by atoms with Crippen LogP contribution in [0.1, 0.15) is 17.3 Å². The van der Waals surface area contributed by atoms with Gasteiger partial charge in [0.1, 0.15) is 5.82 Å². The van der Waals surface area contributed by atoms with Gasteiger partial charge in [0.05, 0.1) is 17.9 Å². The predicted molar refractivity (Wildman–Crippen MR) is 107 cm³/mol. The first-order valence-corrected chi connectivity index (χ1v) is 8.66. The number of para-hydroxylation sites is 2. The molecule has 0 spiro atoms. The molecule has 5 nitrogen and oxygen atoms in total. The van der Waals surface area contributed by atoms with Crippen LogP contribution in [0.15, 0.2) is 48.5 Å². The van der Waals surface area contributed by atoms with E-state index in [1.165, 1.54) is 13.0 Å². The fraction of sp³-hybridized carbons (Fsp3) is 0.300. The van der Waals surface area contributed by atoms with Crippen LogP contribution in [0.25, 0.3) is 0 Å². The van der Waals surface area contributed by atoms with E-state index >= 15 is 0 Å². The van der Waals surface area contributed by atoms with Gasteiger partial charge in [-0.2, -0.15) is 0 Å². The Kier molecular flexibility index (Phi) is 7.33. The van der Waals surface area contributed by atoms with E-state index in [4.69, 9.17) is 0 Å². The average molecular weight is 392 g/mol. The number of ketones is 1. The lowest BCUT2D eigenvalue weighted by atomic mass is 10.1. The minimum Gasteiger partial charge on any atom is -0.367 e. The summed E-state index contributed by atoms with van der Waals surface area (Å²) < 4.78 is 13.9. The van der Waals surface area contributed by atoms with Crippen LogP contribution in [-0.4, -0.2) is 49.3 Å². The first-order chi connectivity index (χ1) is 12.5. The van der Waals surface area contributed by atoms with Crippen LogP contribution in [0.5, 0.6) is 0 Å². The lowest BCUT2D eigenvalue weighted by Gasteiger charge is -2.35. The van der Waals surface area contributed by atoms with E-state index in [1.54, 1.807) is 36.4 Å². The second-order valence-corrected chi connectivity index (χ2v) is 6.36. The van der Waals surface area contributed by atoms with Crippen molar-refractivity contribution in [3.8, 4) is 0 Å². The summed E-state index contributed by atoms with van der Waals surface area (Å²) in [6, 6.07) is 13.7. The number of nitrogens with one attached hydrogen (secondary N) is 1. The summed E-state index contributed by atoms with van der Waals surface area (Å²) in [4.78, 5) is 28.0. The lowest BCUT2D eigenvalue weighted by Crippen LogP contribution is -2.49. The van der Waals surface area contributed by atoms with E-state index in [-0.39, 0.29) is 36.5 Å². The van der Waals surface area contributed by atoms with E-state index in [9.17, 15) is 14.0 Å². The fourth-order valence-electron chi connectivity index (χ4n) is 3.15. The van der Waals surface area contributed by atoms with Gasteiger partial charge in [-0.1, -0.05) is 24.3 Å². The highest BCUT2D eigenvalue weighted by atomic mass is 35.5. The number of hydrogen-bond acceptors (Lipinski definition) is 4. The maximum Gasteiger partial charge on any atom is 0.238 e. The Morgan fingerprint density at radius 3 is 2.30 bits per heavy atom. The molecule has 0 radical (unpaired) electrons. The van der Waals surface area contributed by atoms with Crippen LogP contribution in [-0.2, 0) is 4.79 Å². The smallest absolute Gasteiger partial charge is 0.238 e. The van der Waals surface area contributed by atoms with Crippen LogP contribution in [0.3, 0.4) is 0 Å². The molecule has 144 valence electrons. The third kappa shape index (κ3) is 5.28. The monoisotopic (exact) mass is 391 g/mol. The van der Waals surface area contributed by atoms with Gasteiger partial charge in [-0.05, 0) is 31.2 Å². The molecular weight excluding hydrogens is 369 g/mol. The molecule has 0 bridgehead atoms. The molecule has 1 fully saturated rings. The normalized spacial score (nSPS) is 14.4. The molecule has 0 unspecified atom stereocenters. The Bertz CT molecular complexity index is 807. The molecule has 0 atom stereocenters. The summed E-state index contributed by atoms with van der Waals surface area (Å²) >= 11 is 0. The van der Waals surface area contributed by atoms with E-state index in [0.29, 0.717) is 43.1 Å². The number of hydrogen-bond donors (Lipinski definition) is 1. The largest absolute Gasteiger partial charge is 0.367 e. The topological polar surface area (TPSA) is 52.7 Å². The van der Waals surface area contributed by atoms with Gasteiger partial charge in [0.2, 0.25) is 5.91 Å². The molecule has 1 saturated heterocycles. The van der Waals surface area contributed by atoms with Gasteiger partial charge in [0, 0.05) is 31.7 Å². The molecule has 1 aliphatic rings. The molecule has 1 N–H and O–H groups in total. The lowest BCUT2D eigenvalue weighted by molar-refractivity contribution is -0.117. The summed E-state index contributed by atoms with van der Waals surface area (Å²) in [5.41, 5.74) is 1.65. The molecule has 0 aliphatic carbocycles. The minimum atomic E-state index is -0.223. The second-order valence-electron chi connectivity index (χ2n) is 6.36. The van der Waals surface area contributed by atoms with Crippen molar-refractivity contribution in [2.75, 3.05) is 42.9 Å². The highest BCUT2D eigenvalue weighted by Gasteiger charge is 2.21. The van der Waals surface area contributed by atoms with Crippen LogP contribution >= 0.6 is 12.4 Å². The zero-order chi connectivity index (χ0) is 18.5. The number of halogens is 2. The number of piperazine rings is 1. The Hall–Kier alpha value is -2.44. The molecule has 2 aromatic rings. The predicted octanol–water partition coefficient (Wildman–Crippen LogP) is 3.21. The van der Waals surface area contributed by atoms with E-state index in [0.717, 1.165) is 0 Å². The molecule has 2 aromatic carbocycles. The Morgan fingerprint density at radius 2 is 1.63 bits per heavy atom. The molecule has 7 heteroatoms. The van der Waals surface area contributed by atoms with Gasteiger partial charge in [-0.3, -0.25) is 14.5 Å². The molecule has 0 aromatic heterocycles. The maximum atomic E-state index is 13.9. The Labute approximate surface area is 164 Å². The van der Waals surface area contributed by atoms with Crippen molar-refractivity contribution in [2.24, 2.45) is 0 Å². The summed E-state index contributed by atoms with van der Waals surface area (Å²) in [5.74, 6) is -0.461. The van der Waals surface area contributed by atoms with Crippen LogP contribution in [0.2, 0.25) is 0 Å². The average Bonchev–Trinajstić information content (AvgIpc) is 2.63. The molecule has 0 saturated carbocycles. The van der Waals surface area contributed by atoms with Crippen LogP contribution < -0.4 is 10.2 Å². The van der Waals surface area contributed by atoms with Crippen molar-refractivity contribution < 1.29 is 14.0 Å². The molecule has 1 heterocycles. The molecule has 1 amide bonds. The number of Topliss-reactive ketones (excluding diaryl/α,β-unsaturated/α-hetero) is 1. The summed E-state index contributed by atoms with van der Waals surface area (Å²) in [5, 5.41) is 2.82. The third-order valence-electron chi connectivity index (χ3n) is 4.51. The Morgan fingerprint density at radius 1 is 1.00 bits per heavy atom. The minimum absolute atomic E-state index is 0. The van der Waals surface area contributed by atoms with Crippen molar-refractivity contribution in [3.63, 3.8) is 0 Å². The van der Waals surface area contributed by atoms with Gasteiger partial charge in [0.15, 0.2) is 5.78 Å². The number of benzene rings is 2. The number of carbonyl (C=O) groups is 2. The number of carbonyl (C=O) groups excluding carboxylic acids is 2. The van der Waals surface area contributed by atoms with Gasteiger partial charge in [0.25, 0.3) is 0 Å². The number of anilines is 2. The highest BCUT2D eigenvalue weighted by molar-refractivity contribution is 6.04. The molecule has 27 heavy (non-hydrogen) atoms. The first-order valence-electron chi connectivity index (χ1n) is 8.66. The van der Waals surface area contributed by atoms with Crippen molar-refractivity contribution in [2.45, 2.75) is 6.92 Å². The van der Waals surface area contributed by atoms with Gasteiger partial charge in [-0.25, -0.2) is 4.39 Å². The highest BCUT2D eigenvalue weighted by Crippen LogP contribution is 2.20. The standard InChI is InChI=1S/C20H22FN3O2.ClH/c1-15(25)16-6-2-4-8-18(16)22-20(26)14-23-10-12-24(13-11-23)19-9-5-3-7-17(19)21;/h2-9H,10-14H2,1H3,(H,22,26);1H. The zero-order valence-electron chi connectivity index (χ0n) is 15.2. The zero-order valence-corrected chi connectivity index (χ0v) is 16.0. The maximum absolute atomic E-state index is 13.9. The first kappa shape index (κ1) is 20.9. The summed E-state index contributed by atoms with van der Waals surface area (Å²) in [6.45, 7) is 4.41. The van der Waals surface area contributed by atoms with Crippen LogP contribution in [0.4, 0.5) is 15.8 Å². The third-order valence-corrected chi connectivity index (χ3v) is 4.51. The molecule has 3 rings (SSSR count). The molecular formula is C20H23ClFN3O2. The van der Waals surface area contributed by atoms with Crippen molar-refractivity contribution >= 4 is 35.5 Å². The van der Waals surface area contributed by atoms with Gasteiger partial charge in [-0.15, -0.1) is 12.4 Å². The van der Waals surface area contributed by atoms with Gasteiger partial charge < -0.3 is 10.2 Å². The van der Waals surface area contributed by atoms with E-state index < -0.39 is 0 Å². The summed E-state index contributed by atoms with van der Waals surface area (Å²) in [7, 11) is 0. The number of amides is 1. The second kappa shape index (κ2) is 9.48. The number of nitrogens with zero attached hydrogens (tertiary/aromatic N) is 2. The fourth-order valence-corrected chi connectivity index (χ4v) is 3.15. The SMILES string of the molecule is CC(=O)c1ccccc1NC(=O)CN1CCN(c2ccccc2F)CC1.Cl. The van der Waals surface area contributed by atoms with E-state index in [2.05, 4.69) is 5.32 Å². The Balaban J connectivity index is 0.00000261. The van der Waals surface area contributed by atoms with Crippen molar-refractivity contribution in [1.82, 2.24) is 4.90 Å².